The maximum Gasteiger partial charge on any atom is 0.301 e. The lowest BCUT2D eigenvalue weighted by molar-refractivity contribution is -0.132. The number of halogens is 2. The van der Waals surface area contributed by atoms with E-state index >= 15 is 0 Å². The molecule has 1 unspecified atom stereocenters. The van der Waals surface area contributed by atoms with Gasteiger partial charge in [0.25, 0.3) is 5.78 Å². The standard InChI is InChI=1S/C25H17ClFN3O3S/c1-12-6-7-13(2)14(9-12)22(31)20-21(17-5-3-4-8-28-17)30(24(33)23(20)32)25-29-18-10-15(26)16(27)11-19(18)34-25/h3-11,21,31H,1-2H3/b22-20+. The molecule has 4 aromatic rings. The molecule has 3 heterocycles. The number of pyridine rings is 1. The minimum atomic E-state index is -1.01. The fraction of sp³-hybridized carbons (Fsp3) is 0.120. The van der Waals surface area contributed by atoms with Crippen LogP contribution in [-0.2, 0) is 9.59 Å². The second-order valence-electron chi connectivity index (χ2n) is 7.97. The van der Waals surface area contributed by atoms with E-state index in [1.807, 2.05) is 26.0 Å². The van der Waals surface area contributed by atoms with Crippen molar-refractivity contribution in [1.82, 2.24) is 9.97 Å². The maximum absolute atomic E-state index is 14.0. The molecule has 1 aliphatic heterocycles. The van der Waals surface area contributed by atoms with E-state index in [0.29, 0.717) is 21.5 Å². The number of Topliss-reactive ketones (excluding diaryl/α,β-unsaturated/α-hetero) is 1. The molecule has 1 N–H and O–H groups in total. The normalized spacial score (nSPS) is 17.6. The Labute approximate surface area is 203 Å². The van der Waals surface area contributed by atoms with Crippen LogP contribution in [0.5, 0.6) is 0 Å². The van der Waals surface area contributed by atoms with Crippen LogP contribution in [0.2, 0.25) is 5.02 Å². The van der Waals surface area contributed by atoms with Crippen molar-refractivity contribution in [1.29, 1.82) is 0 Å². The van der Waals surface area contributed by atoms with E-state index in [9.17, 15) is 19.1 Å². The number of benzene rings is 2. The molecule has 5 rings (SSSR count). The van der Waals surface area contributed by atoms with Crippen molar-refractivity contribution in [3.05, 3.63) is 93.5 Å². The zero-order chi connectivity index (χ0) is 24.1. The fourth-order valence-corrected chi connectivity index (χ4v) is 5.15. The van der Waals surface area contributed by atoms with E-state index < -0.39 is 23.5 Å². The Balaban J connectivity index is 1.75. The third kappa shape index (κ3) is 3.55. The minimum Gasteiger partial charge on any atom is -0.507 e. The van der Waals surface area contributed by atoms with Crippen LogP contribution in [0.3, 0.4) is 0 Å². The molecule has 1 amide bonds. The predicted octanol–water partition coefficient (Wildman–Crippen LogP) is 5.73. The van der Waals surface area contributed by atoms with Crippen LogP contribution in [0.1, 0.15) is 28.4 Å². The first-order valence-electron chi connectivity index (χ1n) is 10.3. The van der Waals surface area contributed by atoms with Crippen molar-refractivity contribution >= 4 is 55.7 Å². The van der Waals surface area contributed by atoms with E-state index in [-0.39, 0.29) is 21.5 Å². The van der Waals surface area contributed by atoms with Crippen molar-refractivity contribution in [3.8, 4) is 0 Å². The number of hydrogen-bond acceptors (Lipinski definition) is 6. The molecular formula is C25H17ClFN3O3S. The Bertz CT molecular complexity index is 1480. The number of fused-ring (bicyclic) bond motifs is 1. The number of thiazole rings is 1. The zero-order valence-corrected chi connectivity index (χ0v) is 19.6. The second kappa shape index (κ2) is 8.30. The average Bonchev–Trinajstić information content (AvgIpc) is 3.33. The predicted molar refractivity (Wildman–Crippen MR) is 130 cm³/mol. The van der Waals surface area contributed by atoms with E-state index in [0.717, 1.165) is 22.5 Å². The van der Waals surface area contributed by atoms with Gasteiger partial charge < -0.3 is 5.11 Å². The summed E-state index contributed by atoms with van der Waals surface area (Å²) < 4.78 is 14.5. The van der Waals surface area contributed by atoms with E-state index in [2.05, 4.69) is 9.97 Å². The Hall–Kier alpha value is -3.62. The number of rotatable bonds is 3. The number of hydrogen-bond donors (Lipinski definition) is 1. The summed E-state index contributed by atoms with van der Waals surface area (Å²) >= 11 is 6.95. The number of ketones is 1. The third-order valence-electron chi connectivity index (χ3n) is 5.69. The van der Waals surface area contributed by atoms with E-state index in [1.54, 1.807) is 30.5 Å². The van der Waals surface area contributed by atoms with E-state index in [4.69, 9.17) is 11.6 Å². The van der Waals surface area contributed by atoms with Crippen LogP contribution in [0.15, 0.2) is 60.3 Å². The lowest BCUT2D eigenvalue weighted by Gasteiger charge is -2.22. The summed E-state index contributed by atoms with van der Waals surface area (Å²) in [5, 5.41) is 11.4. The number of amides is 1. The number of nitrogens with zero attached hydrogens (tertiary/aromatic N) is 3. The van der Waals surface area contributed by atoms with Gasteiger partial charge in [0.05, 0.1) is 26.5 Å². The van der Waals surface area contributed by atoms with Crippen LogP contribution in [0.25, 0.3) is 16.0 Å². The molecule has 9 heteroatoms. The lowest BCUT2D eigenvalue weighted by atomic mass is 9.95. The minimum absolute atomic E-state index is 0.0825. The van der Waals surface area contributed by atoms with Crippen LogP contribution in [0.4, 0.5) is 9.52 Å². The first-order valence-corrected chi connectivity index (χ1v) is 11.5. The Morgan fingerprint density at radius 1 is 1.15 bits per heavy atom. The fourth-order valence-electron chi connectivity index (χ4n) is 4.00. The number of anilines is 1. The van der Waals surface area contributed by atoms with Gasteiger partial charge in [0.15, 0.2) is 5.13 Å². The molecule has 1 saturated heterocycles. The van der Waals surface area contributed by atoms with Crippen LogP contribution < -0.4 is 4.90 Å². The van der Waals surface area contributed by atoms with Gasteiger partial charge in [-0.2, -0.15) is 0 Å². The summed E-state index contributed by atoms with van der Waals surface area (Å²) in [7, 11) is 0. The Morgan fingerprint density at radius 3 is 2.68 bits per heavy atom. The second-order valence-corrected chi connectivity index (χ2v) is 9.39. The summed E-state index contributed by atoms with van der Waals surface area (Å²) in [4.78, 5) is 36.5. The number of aliphatic hydroxyl groups is 1. The molecule has 2 aromatic heterocycles. The molecule has 1 fully saturated rings. The van der Waals surface area contributed by atoms with Gasteiger partial charge in [0.1, 0.15) is 17.6 Å². The van der Waals surface area contributed by atoms with Crippen molar-refractivity contribution < 1.29 is 19.1 Å². The number of aliphatic hydroxyl groups excluding tert-OH is 1. The molecule has 34 heavy (non-hydrogen) atoms. The first-order chi connectivity index (χ1) is 16.3. The molecule has 1 atom stereocenters. The number of carbonyl (C=O) groups excluding carboxylic acids is 2. The van der Waals surface area contributed by atoms with Gasteiger partial charge in [-0.25, -0.2) is 9.37 Å². The third-order valence-corrected chi connectivity index (χ3v) is 6.99. The number of aromatic nitrogens is 2. The topological polar surface area (TPSA) is 83.4 Å². The molecule has 1 aliphatic rings. The average molecular weight is 494 g/mol. The van der Waals surface area contributed by atoms with Crippen LogP contribution in [0, 0.1) is 19.7 Å². The summed E-state index contributed by atoms with van der Waals surface area (Å²) in [6.07, 6.45) is 1.54. The van der Waals surface area contributed by atoms with Gasteiger partial charge in [0.2, 0.25) is 0 Å². The molecule has 0 radical (unpaired) electrons. The molecule has 170 valence electrons. The van der Waals surface area contributed by atoms with Crippen LogP contribution in [-0.4, -0.2) is 26.8 Å². The SMILES string of the molecule is Cc1ccc(C)c(/C(O)=C2\C(=O)C(=O)N(c3nc4cc(Cl)c(F)cc4s3)C2c2ccccn2)c1. The van der Waals surface area contributed by atoms with E-state index in [1.165, 1.54) is 17.0 Å². The van der Waals surface area contributed by atoms with Gasteiger partial charge >= 0.3 is 5.91 Å². The number of carbonyl (C=O) groups is 2. The molecule has 0 bridgehead atoms. The highest BCUT2D eigenvalue weighted by Gasteiger charge is 2.49. The van der Waals surface area contributed by atoms with Crippen LogP contribution >= 0.6 is 22.9 Å². The number of aryl methyl sites for hydroxylation is 2. The van der Waals surface area contributed by atoms with Gasteiger partial charge in [-0.1, -0.05) is 46.7 Å². The highest BCUT2D eigenvalue weighted by molar-refractivity contribution is 7.22. The molecular weight excluding hydrogens is 477 g/mol. The van der Waals surface area contributed by atoms with Gasteiger partial charge in [-0.3, -0.25) is 19.5 Å². The zero-order valence-electron chi connectivity index (χ0n) is 18.0. The van der Waals surface area contributed by atoms with Gasteiger partial charge in [0, 0.05) is 11.8 Å². The Kier molecular flexibility index (Phi) is 5.42. The largest absolute Gasteiger partial charge is 0.507 e. The lowest BCUT2D eigenvalue weighted by Crippen LogP contribution is -2.29. The Morgan fingerprint density at radius 2 is 1.94 bits per heavy atom. The maximum atomic E-state index is 14.0. The summed E-state index contributed by atoms with van der Waals surface area (Å²) in [5.74, 6) is -2.60. The molecule has 0 aliphatic carbocycles. The summed E-state index contributed by atoms with van der Waals surface area (Å²) in [6.45, 7) is 3.68. The highest BCUT2D eigenvalue weighted by Crippen LogP contribution is 2.44. The monoisotopic (exact) mass is 493 g/mol. The highest BCUT2D eigenvalue weighted by atomic mass is 35.5. The molecule has 6 nitrogen and oxygen atoms in total. The molecule has 0 saturated carbocycles. The van der Waals surface area contributed by atoms with Crippen molar-refractivity contribution in [2.24, 2.45) is 0 Å². The van der Waals surface area contributed by atoms with Crippen molar-refractivity contribution in [2.45, 2.75) is 19.9 Å². The smallest absolute Gasteiger partial charge is 0.301 e. The summed E-state index contributed by atoms with van der Waals surface area (Å²) in [5.41, 5.74) is 2.79. The summed E-state index contributed by atoms with van der Waals surface area (Å²) in [6, 6.07) is 12.2. The molecule has 0 spiro atoms. The quantitative estimate of drug-likeness (QED) is 0.224. The van der Waals surface area contributed by atoms with Gasteiger partial charge in [-0.15, -0.1) is 0 Å². The van der Waals surface area contributed by atoms with Crippen molar-refractivity contribution in [2.75, 3.05) is 4.90 Å². The first kappa shape index (κ1) is 22.2. The van der Waals surface area contributed by atoms with Crippen molar-refractivity contribution in [3.63, 3.8) is 0 Å². The molecule has 2 aromatic carbocycles. The van der Waals surface area contributed by atoms with Gasteiger partial charge in [-0.05, 0) is 49.7 Å².